The first-order valence-electron chi connectivity index (χ1n) is 6.42. The van der Waals surface area contributed by atoms with E-state index in [0.29, 0.717) is 18.1 Å². The molecule has 2 aromatic rings. The van der Waals surface area contributed by atoms with Crippen LogP contribution in [0.4, 0.5) is 10.8 Å². The summed E-state index contributed by atoms with van der Waals surface area (Å²) < 4.78 is 0.939. The van der Waals surface area contributed by atoms with Gasteiger partial charge in [-0.15, -0.1) is 11.3 Å². The number of carbonyl (C=O) groups excluding carboxylic acids is 1. The van der Waals surface area contributed by atoms with Crippen LogP contribution >= 0.6 is 38.9 Å². The molecule has 0 unspecified atom stereocenters. The first kappa shape index (κ1) is 16.3. The average molecular weight is 389 g/mol. The number of carbonyl (C=O) groups is 1. The van der Waals surface area contributed by atoms with E-state index in [1.165, 1.54) is 11.3 Å². The summed E-state index contributed by atoms with van der Waals surface area (Å²) in [4.78, 5) is 17.6. The second kappa shape index (κ2) is 7.24. The van der Waals surface area contributed by atoms with Crippen molar-refractivity contribution in [3.63, 3.8) is 0 Å². The van der Waals surface area contributed by atoms with Crippen molar-refractivity contribution in [1.82, 2.24) is 4.98 Å². The lowest BCUT2D eigenvalue weighted by atomic mass is 10.3. The maximum Gasteiger partial charge on any atom is 0.225 e. The normalized spacial score (nSPS) is 10.5. The van der Waals surface area contributed by atoms with Crippen molar-refractivity contribution in [3.05, 3.63) is 38.8 Å². The SMILES string of the molecule is CCN(C(C)=O)c1nc(CNc2ccc(Br)cc2Cl)cs1. The lowest BCUT2D eigenvalue weighted by Crippen LogP contribution is -2.27. The fraction of sp³-hybridized carbons (Fsp3) is 0.286. The topological polar surface area (TPSA) is 45.2 Å². The van der Waals surface area contributed by atoms with E-state index in [4.69, 9.17) is 11.6 Å². The number of anilines is 2. The summed E-state index contributed by atoms with van der Waals surface area (Å²) in [6, 6.07) is 5.67. The maximum absolute atomic E-state index is 11.5. The molecule has 1 N–H and O–H groups in total. The zero-order valence-electron chi connectivity index (χ0n) is 11.7. The molecular formula is C14H15BrClN3OS. The lowest BCUT2D eigenvalue weighted by molar-refractivity contribution is -0.116. The van der Waals surface area contributed by atoms with Crippen molar-refractivity contribution < 1.29 is 4.79 Å². The highest BCUT2D eigenvalue weighted by molar-refractivity contribution is 9.10. The summed E-state index contributed by atoms with van der Waals surface area (Å²) >= 11 is 11.0. The Labute approximate surface area is 141 Å². The number of aromatic nitrogens is 1. The highest BCUT2D eigenvalue weighted by Crippen LogP contribution is 2.27. The van der Waals surface area contributed by atoms with Gasteiger partial charge in [0, 0.05) is 23.3 Å². The summed E-state index contributed by atoms with van der Waals surface area (Å²) in [5.41, 5.74) is 1.74. The van der Waals surface area contributed by atoms with Gasteiger partial charge in [0.05, 0.1) is 22.9 Å². The third-order valence-corrected chi connectivity index (χ3v) is 4.58. The number of hydrogen-bond acceptors (Lipinski definition) is 4. The number of nitrogens with zero attached hydrogens (tertiary/aromatic N) is 2. The molecule has 0 spiro atoms. The zero-order chi connectivity index (χ0) is 15.4. The van der Waals surface area contributed by atoms with E-state index in [-0.39, 0.29) is 5.91 Å². The first-order valence-corrected chi connectivity index (χ1v) is 8.47. The number of hydrogen-bond donors (Lipinski definition) is 1. The van der Waals surface area contributed by atoms with Crippen molar-refractivity contribution in [1.29, 1.82) is 0 Å². The van der Waals surface area contributed by atoms with E-state index in [1.807, 2.05) is 30.5 Å². The molecule has 0 aliphatic rings. The Kier molecular flexibility index (Phi) is 5.61. The predicted molar refractivity (Wildman–Crippen MR) is 92.3 cm³/mol. The number of nitrogens with one attached hydrogen (secondary N) is 1. The van der Waals surface area contributed by atoms with Gasteiger partial charge >= 0.3 is 0 Å². The summed E-state index contributed by atoms with van der Waals surface area (Å²) in [6.07, 6.45) is 0. The molecule has 0 saturated carbocycles. The highest BCUT2D eigenvalue weighted by Gasteiger charge is 2.13. The van der Waals surface area contributed by atoms with Crippen LogP contribution in [-0.2, 0) is 11.3 Å². The summed E-state index contributed by atoms with van der Waals surface area (Å²) in [5.74, 6) is 0.00214. The van der Waals surface area contributed by atoms with E-state index in [2.05, 4.69) is 26.2 Å². The van der Waals surface area contributed by atoms with Crippen LogP contribution in [0.25, 0.3) is 0 Å². The van der Waals surface area contributed by atoms with Crippen LogP contribution in [0.2, 0.25) is 5.02 Å². The van der Waals surface area contributed by atoms with Crippen LogP contribution in [0.1, 0.15) is 19.5 Å². The number of benzene rings is 1. The van der Waals surface area contributed by atoms with Gasteiger partial charge in [-0.25, -0.2) is 4.98 Å². The quantitative estimate of drug-likeness (QED) is 0.817. The molecule has 112 valence electrons. The van der Waals surface area contributed by atoms with Gasteiger partial charge in [0.15, 0.2) is 5.13 Å². The summed E-state index contributed by atoms with van der Waals surface area (Å²) in [6.45, 7) is 4.66. The van der Waals surface area contributed by atoms with Crippen molar-refractivity contribution in [2.24, 2.45) is 0 Å². The molecule has 2 rings (SSSR count). The third kappa shape index (κ3) is 4.18. The number of amides is 1. The van der Waals surface area contributed by atoms with Crippen molar-refractivity contribution >= 4 is 55.6 Å². The van der Waals surface area contributed by atoms with Gasteiger partial charge in [-0.05, 0) is 25.1 Å². The van der Waals surface area contributed by atoms with Crippen LogP contribution in [0.3, 0.4) is 0 Å². The maximum atomic E-state index is 11.5. The fourth-order valence-electron chi connectivity index (χ4n) is 1.81. The predicted octanol–water partition coefficient (Wildman–Crippen LogP) is 4.54. The minimum atomic E-state index is 0.00214. The van der Waals surface area contributed by atoms with Crippen molar-refractivity contribution in [3.8, 4) is 0 Å². The van der Waals surface area contributed by atoms with E-state index >= 15 is 0 Å². The van der Waals surface area contributed by atoms with Gasteiger partial charge in [0.25, 0.3) is 0 Å². The molecule has 0 aliphatic carbocycles. The Bertz CT molecular complexity index is 647. The van der Waals surface area contributed by atoms with Crippen molar-refractivity contribution in [2.45, 2.75) is 20.4 Å². The van der Waals surface area contributed by atoms with Crippen LogP contribution in [0, 0.1) is 0 Å². The Morgan fingerprint density at radius 2 is 2.29 bits per heavy atom. The molecule has 0 radical (unpaired) electrons. The molecule has 0 atom stereocenters. The van der Waals surface area contributed by atoms with E-state index in [0.717, 1.165) is 21.0 Å². The summed E-state index contributed by atoms with van der Waals surface area (Å²) in [7, 11) is 0. The molecule has 1 heterocycles. The van der Waals surface area contributed by atoms with Crippen LogP contribution < -0.4 is 10.2 Å². The molecule has 0 bridgehead atoms. The third-order valence-electron chi connectivity index (χ3n) is 2.86. The minimum absolute atomic E-state index is 0.00214. The van der Waals surface area contributed by atoms with Crippen LogP contribution in [-0.4, -0.2) is 17.4 Å². The van der Waals surface area contributed by atoms with Gasteiger partial charge in [-0.2, -0.15) is 0 Å². The molecular weight excluding hydrogens is 374 g/mol. The Morgan fingerprint density at radius 3 is 2.90 bits per heavy atom. The number of thiazole rings is 1. The molecule has 0 saturated heterocycles. The van der Waals surface area contributed by atoms with E-state index in [9.17, 15) is 4.79 Å². The van der Waals surface area contributed by atoms with Crippen LogP contribution in [0.15, 0.2) is 28.1 Å². The molecule has 0 aliphatic heterocycles. The highest BCUT2D eigenvalue weighted by atomic mass is 79.9. The fourth-order valence-corrected chi connectivity index (χ4v) is 3.49. The van der Waals surface area contributed by atoms with E-state index in [1.54, 1.807) is 11.8 Å². The Hall–Kier alpha value is -1.11. The van der Waals surface area contributed by atoms with E-state index < -0.39 is 0 Å². The smallest absolute Gasteiger partial charge is 0.225 e. The molecule has 1 aromatic heterocycles. The molecule has 7 heteroatoms. The molecule has 1 aromatic carbocycles. The molecule has 1 amide bonds. The Balaban J connectivity index is 2.04. The van der Waals surface area contributed by atoms with Gasteiger partial charge in [-0.3, -0.25) is 9.69 Å². The second-order valence-corrected chi connectivity index (χ2v) is 6.52. The lowest BCUT2D eigenvalue weighted by Gasteiger charge is -2.14. The standard InChI is InChI=1S/C14H15BrClN3OS/c1-3-19(9(2)20)14-18-11(8-21-14)7-17-13-5-4-10(15)6-12(13)16/h4-6,8,17H,3,7H2,1-2H3. The molecule has 21 heavy (non-hydrogen) atoms. The van der Waals surface area contributed by atoms with Gasteiger partial charge in [-0.1, -0.05) is 27.5 Å². The number of rotatable bonds is 5. The number of halogens is 2. The van der Waals surface area contributed by atoms with Gasteiger partial charge in [0.2, 0.25) is 5.91 Å². The monoisotopic (exact) mass is 387 g/mol. The largest absolute Gasteiger partial charge is 0.378 e. The first-order chi connectivity index (χ1) is 10.0. The van der Waals surface area contributed by atoms with Gasteiger partial charge in [0.1, 0.15) is 0 Å². The molecule has 4 nitrogen and oxygen atoms in total. The Morgan fingerprint density at radius 1 is 1.52 bits per heavy atom. The molecule has 0 fully saturated rings. The van der Waals surface area contributed by atoms with Crippen LogP contribution in [0.5, 0.6) is 0 Å². The van der Waals surface area contributed by atoms with Crippen molar-refractivity contribution in [2.75, 3.05) is 16.8 Å². The minimum Gasteiger partial charge on any atom is -0.378 e. The van der Waals surface area contributed by atoms with Gasteiger partial charge < -0.3 is 5.32 Å². The zero-order valence-corrected chi connectivity index (χ0v) is 14.8. The average Bonchev–Trinajstić information content (AvgIpc) is 2.87. The second-order valence-electron chi connectivity index (χ2n) is 4.36. The summed E-state index contributed by atoms with van der Waals surface area (Å²) in [5, 5.41) is 6.57.